The van der Waals surface area contributed by atoms with Crippen LogP contribution in [0.3, 0.4) is 0 Å². The Kier molecular flexibility index (Phi) is 3.70. The Morgan fingerprint density at radius 3 is 2.85 bits per heavy atom. The molecule has 0 aromatic carbocycles. The summed E-state index contributed by atoms with van der Waals surface area (Å²) in [5.74, 6) is -0.134. The molecule has 2 aromatic rings. The van der Waals surface area contributed by atoms with E-state index in [2.05, 4.69) is 5.32 Å². The molecule has 1 saturated heterocycles. The predicted octanol–water partition coefficient (Wildman–Crippen LogP) is 2.56. The molecule has 3 rings (SSSR count). The van der Waals surface area contributed by atoms with Gasteiger partial charge >= 0.3 is 6.09 Å². The van der Waals surface area contributed by atoms with Crippen LogP contribution < -0.4 is 10.2 Å². The zero-order chi connectivity index (χ0) is 13.9. The molecule has 0 spiro atoms. The molecule has 0 saturated carbocycles. The van der Waals surface area contributed by atoms with Crippen molar-refractivity contribution >= 4 is 39.7 Å². The average molecular weight is 308 g/mol. The van der Waals surface area contributed by atoms with Crippen molar-refractivity contribution in [3.63, 3.8) is 0 Å². The van der Waals surface area contributed by atoms with Gasteiger partial charge in [-0.25, -0.2) is 4.79 Å². The van der Waals surface area contributed by atoms with Crippen molar-refractivity contribution in [2.75, 3.05) is 18.0 Å². The van der Waals surface area contributed by atoms with E-state index >= 15 is 0 Å². The number of nitrogens with one attached hydrogen (secondary N) is 1. The smallest absolute Gasteiger partial charge is 0.415 e. The number of carbonyl (C=O) groups is 2. The Hall–Kier alpha value is -1.86. The molecule has 0 bridgehead atoms. The standard InChI is InChI=1S/C13H12N2O3S2/c16-12(10-3-1-5-19-10)14-7-9-8-15(13(17)18-9)11-4-2-6-20-11/h1-6,9H,7-8H2,(H,14,16). The van der Waals surface area contributed by atoms with E-state index in [1.807, 2.05) is 29.0 Å². The van der Waals surface area contributed by atoms with Crippen LogP contribution in [-0.2, 0) is 4.74 Å². The second kappa shape index (κ2) is 5.64. The van der Waals surface area contributed by atoms with Crippen molar-refractivity contribution in [2.24, 2.45) is 0 Å². The van der Waals surface area contributed by atoms with Crippen LogP contribution in [0.1, 0.15) is 9.67 Å². The normalized spacial score (nSPS) is 18.1. The highest BCUT2D eigenvalue weighted by atomic mass is 32.1. The first-order chi connectivity index (χ1) is 9.74. The molecular weight excluding hydrogens is 296 g/mol. The molecule has 104 valence electrons. The molecule has 2 aromatic heterocycles. The molecule has 1 aliphatic heterocycles. The third-order valence-corrected chi connectivity index (χ3v) is 4.64. The van der Waals surface area contributed by atoms with Crippen molar-refractivity contribution in [3.8, 4) is 0 Å². The summed E-state index contributed by atoms with van der Waals surface area (Å²) in [6.45, 7) is 0.786. The fourth-order valence-electron chi connectivity index (χ4n) is 1.93. The van der Waals surface area contributed by atoms with Crippen LogP contribution in [0.25, 0.3) is 0 Å². The molecule has 1 N–H and O–H groups in total. The van der Waals surface area contributed by atoms with Crippen molar-refractivity contribution in [1.29, 1.82) is 0 Å². The molecule has 1 fully saturated rings. The van der Waals surface area contributed by atoms with Gasteiger partial charge in [-0.05, 0) is 29.0 Å². The monoisotopic (exact) mass is 308 g/mol. The summed E-state index contributed by atoms with van der Waals surface area (Å²) in [4.78, 5) is 25.8. The summed E-state index contributed by atoms with van der Waals surface area (Å²) in [6, 6.07) is 7.35. The number of ether oxygens (including phenoxy) is 1. The summed E-state index contributed by atoms with van der Waals surface area (Å²) in [6.07, 6.45) is -0.670. The van der Waals surface area contributed by atoms with E-state index in [0.717, 1.165) is 5.00 Å². The maximum absolute atomic E-state index is 11.8. The third-order valence-electron chi connectivity index (χ3n) is 2.88. The van der Waals surface area contributed by atoms with Gasteiger partial charge in [0.1, 0.15) is 11.1 Å². The summed E-state index contributed by atoms with van der Waals surface area (Å²) in [7, 11) is 0. The van der Waals surface area contributed by atoms with Gasteiger partial charge in [-0.2, -0.15) is 0 Å². The molecule has 0 aliphatic carbocycles. The van der Waals surface area contributed by atoms with Crippen molar-refractivity contribution in [2.45, 2.75) is 6.10 Å². The van der Waals surface area contributed by atoms with Crippen LogP contribution in [0.15, 0.2) is 35.0 Å². The van der Waals surface area contributed by atoms with Crippen LogP contribution in [-0.4, -0.2) is 31.2 Å². The lowest BCUT2D eigenvalue weighted by molar-refractivity contribution is 0.0920. The highest BCUT2D eigenvalue weighted by molar-refractivity contribution is 7.14. The summed E-state index contributed by atoms with van der Waals surface area (Å²) < 4.78 is 5.25. The first-order valence-electron chi connectivity index (χ1n) is 6.07. The number of amides is 2. The number of rotatable bonds is 4. The van der Waals surface area contributed by atoms with Gasteiger partial charge in [-0.3, -0.25) is 9.69 Å². The fourth-order valence-corrected chi connectivity index (χ4v) is 3.30. The van der Waals surface area contributed by atoms with Crippen LogP contribution in [0.5, 0.6) is 0 Å². The van der Waals surface area contributed by atoms with Crippen molar-refractivity contribution in [1.82, 2.24) is 5.32 Å². The van der Waals surface area contributed by atoms with Gasteiger partial charge in [0.05, 0.1) is 18.0 Å². The molecule has 7 heteroatoms. The number of hydrogen-bond acceptors (Lipinski definition) is 5. The average Bonchev–Trinajstić information content (AvgIpc) is 3.17. The molecule has 1 unspecified atom stereocenters. The molecule has 0 radical (unpaired) electrons. The van der Waals surface area contributed by atoms with Gasteiger partial charge in [0, 0.05) is 0 Å². The Bertz CT molecular complexity index is 595. The van der Waals surface area contributed by atoms with Crippen molar-refractivity contribution in [3.05, 3.63) is 39.9 Å². The molecule has 20 heavy (non-hydrogen) atoms. The van der Waals surface area contributed by atoms with Crippen LogP contribution in [0.4, 0.5) is 9.80 Å². The van der Waals surface area contributed by atoms with Gasteiger partial charge in [-0.1, -0.05) is 6.07 Å². The molecule has 5 nitrogen and oxygen atoms in total. The highest BCUT2D eigenvalue weighted by Crippen LogP contribution is 2.26. The van der Waals surface area contributed by atoms with Crippen LogP contribution in [0.2, 0.25) is 0 Å². The summed E-state index contributed by atoms with van der Waals surface area (Å²) >= 11 is 2.87. The van der Waals surface area contributed by atoms with E-state index in [9.17, 15) is 9.59 Å². The second-order valence-electron chi connectivity index (χ2n) is 4.25. The SMILES string of the molecule is O=C(NCC1CN(c2cccs2)C(=O)O1)c1cccs1. The van der Waals surface area contributed by atoms with Gasteiger partial charge in [0.2, 0.25) is 0 Å². The van der Waals surface area contributed by atoms with E-state index in [0.29, 0.717) is 18.0 Å². The Labute approximate surface area is 123 Å². The number of hydrogen-bond donors (Lipinski definition) is 1. The lowest BCUT2D eigenvalue weighted by atomic mass is 10.3. The maximum atomic E-state index is 11.8. The minimum atomic E-state index is -0.358. The Balaban J connectivity index is 1.55. The zero-order valence-corrected chi connectivity index (χ0v) is 12.1. The maximum Gasteiger partial charge on any atom is 0.415 e. The lowest BCUT2D eigenvalue weighted by Gasteiger charge is -2.10. The summed E-state index contributed by atoms with van der Waals surface area (Å²) in [5, 5.41) is 7.41. The number of nitrogens with zero attached hydrogens (tertiary/aromatic N) is 1. The Morgan fingerprint density at radius 1 is 1.35 bits per heavy atom. The number of cyclic esters (lactones) is 1. The molecular formula is C13H12N2O3S2. The van der Waals surface area contributed by atoms with Gasteiger partial charge in [-0.15, -0.1) is 22.7 Å². The van der Waals surface area contributed by atoms with Gasteiger partial charge in [0.15, 0.2) is 0 Å². The predicted molar refractivity (Wildman–Crippen MR) is 78.6 cm³/mol. The lowest BCUT2D eigenvalue weighted by Crippen LogP contribution is -2.34. The third kappa shape index (κ3) is 2.68. The number of anilines is 1. The van der Waals surface area contributed by atoms with E-state index in [1.54, 1.807) is 11.0 Å². The molecule has 2 amide bonds. The number of carbonyl (C=O) groups excluding carboxylic acids is 2. The first kappa shape index (κ1) is 13.1. The largest absolute Gasteiger partial charge is 0.442 e. The Morgan fingerprint density at radius 2 is 2.15 bits per heavy atom. The van der Waals surface area contributed by atoms with E-state index in [1.165, 1.54) is 22.7 Å². The van der Waals surface area contributed by atoms with E-state index in [4.69, 9.17) is 4.74 Å². The van der Waals surface area contributed by atoms with Crippen LogP contribution >= 0.6 is 22.7 Å². The topological polar surface area (TPSA) is 58.6 Å². The number of thiophene rings is 2. The highest BCUT2D eigenvalue weighted by Gasteiger charge is 2.33. The van der Waals surface area contributed by atoms with Gasteiger partial charge in [0.25, 0.3) is 5.91 Å². The molecule has 1 aliphatic rings. The second-order valence-corrected chi connectivity index (χ2v) is 6.13. The van der Waals surface area contributed by atoms with Crippen molar-refractivity contribution < 1.29 is 14.3 Å². The zero-order valence-electron chi connectivity index (χ0n) is 10.4. The first-order valence-corrected chi connectivity index (χ1v) is 7.83. The van der Waals surface area contributed by atoms with E-state index < -0.39 is 0 Å². The van der Waals surface area contributed by atoms with E-state index in [-0.39, 0.29) is 18.1 Å². The molecule has 1 atom stereocenters. The van der Waals surface area contributed by atoms with Crippen LogP contribution in [0, 0.1) is 0 Å². The van der Waals surface area contributed by atoms with Gasteiger partial charge < -0.3 is 10.1 Å². The quantitative estimate of drug-likeness (QED) is 0.944. The minimum Gasteiger partial charge on any atom is -0.442 e. The molecule has 3 heterocycles. The minimum absolute atomic E-state index is 0.134. The summed E-state index contributed by atoms with van der Waals surface area (Å²) in [5.41, 5.74) is 0. The fraction of sp³-hybridized carbons (Fsp3) is 0.231.